The predicted octanol–water partition coefficient (Wildman–Crippen LogP) is -2.14. The monoisotopic (exact) mass is 147 g/mol. The van der Waals surface area contributed by atoms with E-state index >= 15 is 0 Å². The Kier molecular flexibility index (Phi) is 31.4. The van der Waals surface area contributed by atoms with E-state index in [0.29, 0.717) is 0 Å². The molecule has 0 heterocycles. The molecule has 0 saturated carbocycles. The molecule has 0 aromatic carbocycles. The Labute approximate surface area is 72.4 Å². The van der Waals surface area contributed by atoms with Crippen LogP contribution < -0.4 is 29.6 Å². The van der Waals surface area contributed by atoms with Crippen LogP contribution in [0.2, 0.25) is 0 Å². The van der Waals surface area contributed by atoms with Crippen LogP contribution in [0.4, 0.5) is 0 Å². The Morgan fingerprint density at radius 2 is 1.62 bits per heavy atom. The number of hydrogen-bond donors (Lipinski definition) is 2. The van der Waals surface area contributed by atoms with Gasteiger partial charge in [-0.1, -0.05) is 6.92 Å². The van der Waals surface area contributed by atoms with E-state index in [1.165, 1.54) is 0 Å². The molecule has 0 aromatic rings. The summed E-state index contributed by atoms with van der Waals surface area (Å²) < 4.78 is 8.70. The van der Waals surface area contributed by atoms with Crippen molar-refractivity contribution in [1.82, 2.24) is 0 Å². The molecule has 0 rings (SSSR count). The fourth-order valence-corrected chi connectivity index (χ4v) is 0. The zero-order valence-electron chi connectivity index (χ0n) is 5.16. The van der Waals surface area contributed by atoms with Crippen LogP contribution in [0.25, 0.3) is 0 Å². The molecule has 2 N–H and O–H groups in total. The zero-order valence-corrected chi connectivity index (χ0v) is 8.06. The second-order valence-electron chi connectivity index (χ2n) is 0.753. The summed E-state index contributed by atoms with van der Waals surface area (Å²) >= 11 is 0. The molecule has 5 heteroatoms. The van der Waals surface area contributed by atoms with Crippen LogP contribution in [-0.4, -0.2) is 9.79 Å². The molecule has 0 bridgehead atoms. The Balaban J connectivity index is -0.0000000575. The van der Waals surface area contributed by atoms with Gasteiger partial charge in [-0.05, 0) is 0 Å². The van der Waals surface area contributed by atoms with Crippen LogP contribution in [-0.2, 0) is 4.57 Å². The molecule has 0 radical (unpaired) electrons. The number of rotatable bonds is 0. The van der Waals surface area contributed by atoms with Crippen LogP contribution in [0.15, 0.2) is 0 Å². The van der Waals surface area contributed by atoms with E-state index in [1.54, 1.807) is 0 Å². The van der Waals surface area contributed by atoms with Crippen molar-refractivity contribution in [3.63, 3.8) is 0 Å². The van der Waals surface area contributed by atoms with Gasteiger partial charge in [-0.3, -0.25) is 0 Å². The first-order chi connectivity index (χ1) is 3.15. The van der Waals surface area contributed by atoms with Gasteiger partial charge in [0.2, 0.25) is 0 Å². The van der Waals surface area contributed by atoms with Crippen molar-refractivity contribution in [3.8, 4) is 0 Å². The van der Waals surface area contributed by atoms with Gasteiger partial charge in [-0.25, -0.2) is 0 Å². The number of hydrogen-bond acceptors (Lipinski definition) is 1. The summed E-state index contributed by atoms with van der Waals surface area (Å²) in [4.78, 5) is 14.2. The Bertz CT molecular complexity index is 45.8. The Morgan fingerprint density at radius 3 is 1.62 bits per heavy atom. The van der Waals surface area contributed by atoms with Crippen LogP contribution in [0.3, 0.4) is 0 Å². The topological polar surface area (TPSA) is 57.5 Å². The van der Waals surface area contributed by atoms with Crippen molar-refractivity contribution < 1.29 is 43.9 Å². The molecule has 0 aromatic heterocycles. The quantitative estimate of drug-likeness (QED) is 0.233. The van der Waals surface area contributed by atoms with E-state index in [9.17, 15) is 0 Å². The first kappa shape index (κ1) is 16.0. The van der Waals surface area contributed by atoms with Crippen LogP contribution in [0.1, 0.15) is 13.3 Å². The van der Waals surface area contributed by atoms with E-state index < -0.39 is 8.25 Å². The van der Waals surface area contributed by atoms with Gasteiger partial charge in [0.1, 0.15) is 0 Å². The van der Waals surface area contributed by atoms with E-state index in [0.717, 1.165) is 6.42 Å². The van der Waals surface area contributed by atoms with Gasteiger partial charge in [0.15, 0.2) is 0 Å². The van der Waals surface area contributed by atoms with E-state index in [-0.39, 0.29) is 29.6 Å². The summed E-state index contributed by atoms with van der Waals surface area (Å²) in [5.74, 6) is 0. The normalized spacial score (nSPS) is 5.50. The summed E-state index contributed by atoms with van der Waals surface area (Å²) in [5, 5.41) is 0. The zero-order chi connectivity index (χ0) is 6.28. The minimum absolute atomic E-state index is 0. The molecular weight excluding hydrogens is 138 g/mol. The van der Waals surface area contributed by atoms with Crippen molar-refractivity contribution in [2.75, 3.05) is 0 Å². The third-order valence-electron chi connectivity index (χ3n) is 0. The minimum atomic E-state index is -2.87. The molecule has 0 spiro atoms. The molecule has 44 valence electrons. The fraction of sp³-hybridized carbons (Fsp3) is 0.667. The van der Waals surface area contributed by atoms with Crippen LogP contribution >= 0.6 is 8.25 Å². The second-order valence-corrected chi connectivity index (χ2v) is 1.26. The largest absolute Gasteiger partial charge is 1.00 e. The van der Waals surface area contributed by atoms with Crippen LogP contribution in [0.5, 0.6) is 0 Å². The summed E-state index contributed by atoms with van der Waals surface area (Å²) in [7, 11) is -2.87. The summed E-state index contributed by atoms with van der Waals surface area (Å²) in [5.41, 5.74) is 0. The molecule has 0 unspecified atom stereocenters. The van der Waals surface area contributed by atoms with Gasteiger partial charge < -0.3 is 6.92 Å². The minimum Gasteiger partial charge on any atom is -0.344 e. The summed E-state index contributed by atoms with van der Waals surface area (Å²) in [6.07, 6.45) is 1.00. The molecule has 0 aliphatic rings. The summed E-state index contributed by atoms with van der Waals surface area (Å²) in [6, 6.07) is 0. The van der Waals surface area contributed by atoms with Gasteiger partial charge in [0.25, 0.3) is 0 Å². The smallest absolute Gasteiger partial charge is 0.344 e. The Morgan fingerprint density at radius 1 is 1.62 bits per heavy atom. The van der Waals surface area contributed by atoms with Gasteiger partial charge in [0.05, 0.1) is 0 Å². The third kappa shape index (κ3) is 245. The average molecular weight is 147 g/mol. The molecule has 0 atom stereocenters. The maximum absolute atomic E-state index is 8.70. The van der Waals surface area contributed by atoms with Crippen molar-refractivity contribution in [2.24, 2.45) is 0 Å². The van der Waals surface area contributed by atoms with E-state index in [4.69, 9.17) is 14.4 Å². The maximum atomic E-state index is 8.70. The second kappa shape index (κ2) is 15.7. The van der Waals surface area contributed by atoms with Gasteiger partial charge in [-0.15, -0.1) is 9.79 Å². The van der Waals surface area contributed by atoms with Gasteiger partial charge >= 0.3 is 37.8 Å². The van der Waals surface area contributed by atoms with Crippen molar-refractivity contribution in [3.05, 3.63) is 6.92 Å². The molecule has 0 saturated heterocycles. The average Bonchev–Trinajstić information content (AvgIpc) is 1.33. The predicted molar refractivity (Wildman–Crippen MR) is 27.7 cm³/mol. The van der Waals surface area contributed by atoms with Gasteiger partial charge in [0, 0.05) is 4.57 Å². The Hall–Kier alpha value is 1.02. The maximum Gasteiger partial charge on any atom is 1.00 e. The summed E-state index contributed by atoms with van der Waals surface area (Å²) in [6.45, 7) is 5.50. The van der Waals surface area contributed by atoms with Crippen LogP contribution in [0, 0.1) is 6.92 Å². The SMILES string of the molecule is O=[P+](O)O.[CH2-]CC.[Na+]. The van der Waals surface area contributed by atoms with Crippen molar-refractivity contribution in [1.29, 1.82) is 0 Å². The molecule has 8 heavy (non-hydrogen) atoms. The molecule has 0 amide bonds. The van der Waals surface area contributed by atoms with E-state index in [2.05, 4.69) is 6.92 Å². The van der Waals surface area contributed by atoms with E-state index in [1.807, 2.05) is 6.92 Å². The first-order valence-corrected chi connectivity index (χ1v) is 2.95. The molecule has 0 fully saturated rings. The fourth-order valence-electron chi connectivity index (χ4n) is 0. The standard InChI is InChI=1S/C3H7.Na.HO3P/c1-3-2;;1-4(2)3/h1,3H2,2H3;;(H-,1,2,3)/q-1;+1;/p+1. The molecular formula is C3H9NaO3P+. The molecule has 0 aliphatic heterocycles. The van der Waals surface area contributed by atoms with Gasteiger partial charge in [-0.2, -0.15) is 6.42 Å². The molecule has 3 nitrogen and oxygen atoms in total. The third-order valence-corrected chi connectivity index (χ3v) is 0. The van der Waals surface area contributed by atoms with Crippen molar-refractivity contribution >= 4 is 8.25 Å². The first-order valence-electron chi connectivity index (χ1n) is 1.79. The van der Waals surface area contributed by atoms with Crippen molar-refractivity contribution in [2.45, 2.75) is 13.3 Å². The molecule has 0 aliphatic carbocycles.